The van der Waals surface area contributed by atoms with E-state index in [9.17, 15) is 0 Å². The van der Waals surface area contributed by atoms with Gasteiger partial charge in [0.25, 0.3) is 0 Å². The minimum Gasteiger partial charge on any atom is -0.494 e. The molecule has 0 aliphatic heterocycles. The molecule has 1 heterocycles. The molecule has 1 aromatic heterocycles. The van der Waals surface area contributed by atoms with Gasteiger partial charge in [-0.2, -0.15) is 0 Å². The van der Waals surface area contributed by atoms with Crippen molar-refractivity contribution in [1.29, 1.82) is 0 Å². The molecule has 0 radical (unpaired) electrons. The standard InChI is InChI=1S/C15H20N2O/c1-4-8-18-12-6-7-14-13(10-12)15(16-5-2)9-11(3)17-14/h6-7,9-10H,4-5,8H2,1-3H3,(H,16,17). The van der Waals surface area contributed by atoms with Crippen LogP contribution in [0.3, 0.4) is 0 Å². The van der Waals surface area contributed by atoms with Gasteiger partial charge in [-0.25, -0.2) is 0 Å². The number of aromatic nitrogens is 1. The second-order valence-electron chi connectivity index (χ2n) is 4.37. The van der Waals surface area contributed by atoms with Crippen molar-refractivity contribution in [3.05, 3.63) is 30.0 Å². The van der Waals surface area contributed by atoms with Crippen LogP contribution in [-0.2, 0) is 0 Å². The van der Waals surface area contributed by atoms with Crippen LogP contribution in [-0.4, -0.2) is 18.1 Å². The highest BCUT2D eigenvalue weighted by atomic mass is 16.5. The van der Waals surface area contributed by atoms with Crippen molar-refractivity contribution < 1.29 is 4.74 Å². The lowest BCUT2D eigenvalue weighted by Crippen LogP contribution is -2.00. The van der Waals surface area contributed by atoms with Gasteiger partial charge in [0.15, 0.2) is 0 Å². The predicted molar refractivity (Wildman–Crippen MR) is 76.4 cm³/mol. The highest BCUT2D eigenvalue weighted by Gasteiger charge is 2.05. The number of rotatable bonds is 5. The number of hydrogen-bond donors (Lipinski definition) is 1. The Labute approximate surface area is 108 Å². The molecule has 18 heavy (non-hydrogen) atoms. The number of anilines is 1. The molecule has 0 unspecified atom stereocenters. The largest absolute Gasteiger partial charge is 0.494 e. The second-order valence-corrected chi connectivity index (χ2v) is 4.37. The van der Waals surface area contributed by atoms with Crippen LogP contribution in [0, 0.1) is 6.92 Å². The fourth-order valence-corrected chi connectivity index (χ4v) is 1.98. The van der Waals surface area contributed by atoms with Gasteiger partial charge in [-0.05, 0) is 44.5 Å². The first kappa shape index (κ1) is 12.7. The van der Waals surface area contributed by atoms with Crippen LogP contribution in [0.15, 0.2) is 24.3 Å². The van der Waals surface area contributed by atoms with Crippen LogP contribution < -0.4 is 10.1 Å². The second kappa shape index (κ2) is 5.71. The first-order valence-electron chi connectivity index (χ1n) is 6.52. The van der Waals surface area contributed by atoms with Gasteiger partial charge in [0.05, 0.1) is 12.1 Å². The van der Waals surface area contributed by atoms with E-state index in [0.29, 0.717) is 0 Å². The smallest absolute Gasteiger partial charge is 0.120 e. The molecule has 0 spiro atoms. The highest BCUT2D eigenvalue weighted by molar-refractivity contribution is 5.92. The highest BCUT2D eigenvalue weighted by Crippen LogP contribution is 2.27. The monoisotopic (exact) mass is 244 g/mol. The van der Waals surface area contributed by atoms with E-state index >= 15 is 0 Å². The summed E-state index contributed by atoms with van der Waals surface area (Å²) in [5.41, 5.74) is 3.16. The lowest BCUT2D eigenvalue weighted by atomic mass is 10.1. The molecule has 1 N–H and O–H groups in total. The maximum atomic E-state index is 5.67. The van der Waals surface area contributed by atoms with Gasteiger partial charge < -0.3 is 10.1 Å². The Morgan fingerprint density at radius 3 is 2.78 bits per heavy atom. The number of hydrogen-bond acceptors (Lipinski definition) is 3. The topological polar surface area (TPSA) is 34.1 Å². The lowest BCUT2D eigenvalue weighted by molar-refractivity contribution is 0.318. The van der Waals surface area contributed by atoms with Crippen molar-refractivity contribution in [2.75, 3.05) is 18.5 Å². The number of benzene rings is 1. The molecule has 0 saturated carbocycles. The molecule has 3 heteroatoms. The van der Waals surface area contributed by atoms with Gasteiger partial charge in [-0.1, -0.05) is 6.92 Å². The summed E-state index contributed by atoms with van der Waals surface area (Å²) in [7, 11) is 0. The average Bonchev–Trinajstić information content (AvgIpc) is 2.37. The fourth-order valence-electron chi connectivity index (χ4n) is 1.98. The molecular weight excluding hydrogens is 224 g/mol. The summed E-state index contributed by atoms with van der Waals surface area (Å²) in [6, 6.07) is 8.15. The van der Waals surface area contributed by atoms with E-state index in [0.717, 1.165) is 47.6 Å². The normalized spacial score (nSPS) is 10.6. The van der Waals surface area contributed by atoms with Crippen molar-refractivity contribution in [2.24, 2.45) is 0 Å². The van der Waals surface area contributed by atoms with E-state index in [1.807, 2.05) is 19.1 Å². The zero-order valence-electron chi connectivity index (χ0n) is 11.3. The molecule has 2 rings (SSSR count). The van der Waals surface area contributed by atoms with Crippen molar-refractivity contribution >= 4 is 16.6 Å². The third-order valence-electron chi connectivity index (χ3n) is 2.75. The van der Waals surface area contributed by atoms with Gasteiger partial charge in [-0.3, -0.25) is 4.98 Å². The minimum atomic E-state index is 0.751. The zero-order valence-corrected chi connectivity index (χ0v) is 11.3. The lowest BCUT2D eigenvalue weighted by Gasteiger charge is -2.11. The van der Waals surface area contributed by atoms with Crippen LogP contribution in [0.25, 0.3) is 10.9 Å². The number of pyridine rings is 1. The average molecular weight is 244 g/mol. The summed E-state index contributed by atoms with van der Waals surface area (Å²) in [6.07, 6.45) is 1.02. The summed E-state index contributed by atoms with van der Waals surface area (Å²) >= 11 is 0. The Morgan fingerprint density at radius 2 is 2.06 bits per heavy atom. The van der Waals surface area contributed by atoms with Crippen molar-refractivity contribution in [3.63, 3.8) is 0 Å². The van der Waals surface area contributed by atoms with Crippen LogP contribution >= 0.6 is 0 Å². The first-order chi connectivity index (χ1) is 8.74. The Balaban J connectivity index is 2.45. The first-order valence-corrected chi connectivity index (χ1v) is 6.52. The molecule has 0 bridgehead atoms. The zero-order chi connectivity index (χ0) is 13.0. The minimum absolute atomic E-state index is 0.751. The van der Waals surface area contributed by atoms with Crippen LogP contribution in [0.1, 0.15) is 26.0 Å². The predicted octanol–water partition coefficient (Wildman–Crippen LogP) is 3.76. The quantitative estimate of drug-likeness (QED) is 0.869. The van der Waals surface area contributed by atoms with Crippen molar-refractivity contribution in [3.8, 4) is 5.75 Å². The van der Waals surface area contributed by atoms with E-state index in [-0.39, 0.29) is 0 Å². The number of nitrogens with one attached hydrogen (secondary N) is 1. The van der Waals surface area contributed by atoms with Crippen LogP contribution in [0.2, 0.25) is 0 Å². The Hall–Kier alpha value is -1.77. The number of nitrogens with zero attached hydrogens (tertiary/aromatic N) is 1. The van der Waals surface area contributed by atoms with E-state index in [1.54, 1.807) is 0 Å². The number of ether oxygens (including phenoxy) is 1. The molecule has 0 saturated heterocycles. The van der Waals surface area contributed by atoms with Gasteiger partial charge in [0.1, 0.15) is 5.75 Å². The summed E-state index contributed by atoms with van der Waals surface area (Å²) in [4.78, 5) is 4.54. The molecular formula is C15H20N2O. The third kappa shape index (κ3) is 2.73. The van der Waals surface area contributed by atoms with Gasteiger partial charge in [-0.15, -0.1) is 0 Å². The van der Waals surface area contributed by atoms with E-state index in [2.05, 4.69) is 36.3 Å². The van der Waals surface area contributed by atoms with Crippen molar-refractivity contribution in [1.82, 2.24) is 4.98 Å². The van der Waals surface area contributed by atoms with Gasteiger partial charge >= 0.3 is 0 Å². The molecule has 96 valence electrons. The fraction of sp³-hybridized carbons (Fsp3) is 0.400. The molecule has 2 aromatic rings. The SMILES string of the molecule is CCCOc1ccc2nc(C)cc(NCC)c2c1. The van der Waals surface area contributed by atoms with E-state index in [1.165, 1.54) is 0 Å². The molecule has 3 nitrogen and oxygen atoms in total. The summed E-state index contributed by atoms with van der Waals surface area (Å²) in [6.45, 7) is 7.87. The van der Waals surface area contributed by atoms with Crippen LogP contribution in [0.4, 0.5) is 5.69 Å². The number of fused-ring (bicyclic) bond motifs is 1. The maximum Gasteiger partial charge on any atom is 0.120 e. The van der Waals surface area contributed by atoms with E-state index in [4.69, 9.17) is 4.74 Å². The Morgan fingerprint density at radius 1 is 1.22 bits per heavy atom. The molecule has 0 amide bonds. The van der Waals surface area contributed by atoms with Gasteiger partial charge in [0.2, 0.25) is 0 Å². The third-order valence-corrected chi connectivity index (χ3v) is 2.75. The summed E-state index contributed by atoms with van der Waals surface area (Å²) in [5, 5.41) is 4.50. The molecule has 0 aliphatic carbocycles. The Bertz CT molecular complexity index is 537. The molecule has 0 fully saturated rings. The van der Waals surface area contributed by atoms with Crippen molar-refractivity contribution in [2.45, 2.75) is 27.2 Å². The molecule has 0 aliphatic rings. The van der Waals surface area contributed by atoms with E-state index < -0.39 is 0 Å². The molecule has 0 atom stereocenters. The summed E-state index contributed by atoms with van der Waals surface area (Å²) in [5.74, 6) is 0.911. The molecule has 1 aromatic carbocycles. The summed E-state index contributed by atoms with van der Waals surface area (Å²) < 4.78 is 5.67. The number of aryl methyl sites for hydroxylation is 1. The Kier molecular flexibility index (Phi) is 4.03. The van der Waals surface area contributed by atoms with Gasteiger partial charge in [0, 0.05) is 23.3 Å². The van der Waals surface area contributed by atoms with Crippen LogP contribution in [0.5, 0.6) is 5.75 Å². The maximum absolute atomic E-state index is 5.67.